The summed E-state index contributed by atoms with van der Waals surface area (Å²) in [5.41, 5.74) is 8.87. The van der Waals surface area contributed by atoms with Gasteiger partial charge in [-0.2, -0.15) is 0 Å². The van der Waals surface area contributed by atoms with Gasteiger partial charge in [-0.15, -0.1) is 0 Å². The first-order valence-electron chi connectivity index (χ1n) is 6.66. The molecule has 94 valence electrons. The predicted octanol–water partition coefficient (Wildman–Crippen LogP) is 2.73. The fraction of sp³-hybridized carbons (Fsp3) is 0.600. The van der Waals surface area contributed by atoms with E-state index in [-0.39, 0.29) is 6.04 Å². The molecule has 0 heterocycles. The first kappa shape index (κ1) is 12.6. The Balaban J connectivity index is 1.80. The van der Waals surface area contributed by atoms with Gasteiger partial charge in [0, 0.05) is 12.6 Å². The maximum atomic E-state index is 6.26. The number of nitrogens with zero attached hydrogens (tertiary/aromatic N) is 1. The van der Waals surface area contributed by atoms with Crippen molar-refractivity contribution in [3.05, 3.63) is 35.4 Å². The Morgan fingerprint density at radius 3 is 2.71 bits per heavy atom. The molecule has 1 aliphatic rings. The van der Waals surface area contributed by atoms with Gasteiger partial charge in [-0.3, -0.25) is 0 Å². The molecule has 1 fully saturated rings. The second-order valence-corrected chi connectivity index (χ2v) is 5.46. The number of nitrogens with two attached hydrogens (primary N) is 1. The summed E-state index contributed by atoms with van der Waals surface area (Å²) in [6.07, 6.45) is 3.90. The van der Waals surface area contributed by atoms with Crippen molar-refractivity contribution in [2.45, 2.75) is 32.2 Å². The van der Waals surface area contributed by atoms with Gasteiger partial charge in [0.15, 0.2) is 0 Å². The van der Waals surface area contributed by atoms with Gasteiger partial charge in [0.2, 0.25) is 0 Å². The third-order valence-corrected chi connectivity index (χ3v) is 3.68. The van der Waals surface area contributed by atoms with E-state index in [1.54, 1.807) is 0 Å². The highest BCUT2D eigenvalue weighted by Crippen LogP contribution is 2.29. The molecule has 0 amide bonds. The standard InChI is InChI=1S/C15H24N2/c1-12-5-3-4-6-14(12)15(16)9-10-17(2)11-13-7-8-13/h3-6,13,15H,7-11,16H2,1-2H3. The lowest BCUT2D eigenvalue weighted by Gasteiger charge is -2.20. The Bertz CT molecular complexity index is 358. The number of hydrogen-bond donors (Lipinski definition) is 1. The zero-order valence-electron chi connectivity index (χ0n) is 11.0. The molecule has 0 aromatic heterocycles. The third kappa shape index (κ3) is 3.83. The van der Waals surface area contributed by atoms with Crippen LogP contribution in [0.3, 0.4) is 0 Å². The summed E-state index contributed by atoms with van der Waals surface area (Å²) >= 11 is 0. The predicted molar refractivity (Wildman–Crippen MR) is 72.9 cm³/mol. The van der Waals surface area contributed by atoms with Crippen LogP contribution >= 0.6 is 0 Å². The summed E-state index contributed by atoms with van der Waals surface area (Å²) in [5, 5.41) is 0. The Kier molecular flexibility index (Phi) is 4.19. The average molecular weight is 232 g/mol. The van der Waals surface area contributed by atoms with Gasteiger partial charge in [0.05, 0.1) is 0 Å². The fourth-order valence-electron chi connectivity index (χ4n) is 2.35. The van der Waals surface area contributed by atoms with Gasteiger partial charge in [0.25, 0.3) is 0 Å². The highest BCUT2D eigenvalue weighted by Gasteiger charge is 2.22. The lowest BCUT2D eigenvalue weighted by molar-refractivity contribution is 0.306. The fourth-order valence-corrected chi connectivity index (χ4v) is 2.35. The maximum Gasteiger partial charge on any atom is 0.0309 e. The van der Waals surface area contributed by atoms with Crippen molar-refractivity contribution in [1.29, 1.82) is 0 Å². The molecule has 1 aromatic rings. The normalized spacial score (nSPS) is 17.4. The second-order valence-electron chi connectivity index (χ2n) is 5.46. The highest BCUT2D eigenvalue weighted by atomic mass is 15.1. The molecular formula is C15H24N2. The van der Waals surface area contributed by atoms with Gasteiger partial charge in [0.1, 0.15) is 0 Å². The van der Waals surface area contributed by atoms with E-state index in [4.69, 9.17) is 5.73 Å². The van der Waals surface area contributed by atoms with Crippen molar-refractivity contribution >= 4 is 0 Å². The monoisotopic (exact) mass is 232 g/mol. The maximum absolute atomic E-state index is 6.26. The largest absolute Gasteiger partial charge is 0.324 e. The van der Waals surface area contributed by atoms with Crippen LogP contribution in [0.2, 0.25) is 0 Å². The van der Waals surface area contributed by atoms with Gasteiger partial charge in [-0.05, 0) is 56.8 Å². The summed E-state index contributed by atoms with van der Waals surface area (Å²) < 4.78 is 0. The molecule has 2 heteroatoms. The van der Waals surface area contributed by atoms with E-state index in [1.807, 2.05) is 0 Å². The van der Waals surface area contributed by atoms with Crippen molar-refractivity contribution in [3.8, 4) is 0 Å². The van der Waals surface area contributed by atoms with Crippen molar-refractivity contribution in [2.24, 2.45) is 11.7 Å². The molecule has 0 spiro atoms. The first-order chi connectivity index (χ1) is 8.16. The molecule has 2 N–H and O–H groups in total. The molecule has 1 saturated carbocycles. The minimum Gasteiger partial charge on any atom is -0.324 e. The van der Waals surface area contributed by atoms with Crippen LogP contribution in [0.15, 0.2) is 24.3 Å². The quantitative estimate of drug-likeness (QED) is 0.817. The molecule has 0 bridgehead atoms. The van der Waals surface area contributed by atoms with E-state index in [0.717, 1.165) is 18.9 Å². The smallest absolute Gasteiger partial charge is 0.0309 e. The molecule has 1 aromatic carbocycles. The molecular weight excluding hydrogens is 208 g/mol. The van der Waals surface area contributed by atoms with E-state index < -0.39 is 0 Å². The molecule has 1 unspecified atom stereocenters. The van der Waals surface area contributed by atoms with E-state index in [9.17, 15) is 0 Å². The molecule has 1 atom stereocenters. The lowest BCUT2D eigenvalue weighted by Crippen LogP contribution is -2.25. The van der Waals surface area contributed by atoms with E-state index in [0.29, 0.717) is 0 Å². The highest BCUT2D eigenvalue weighted by molar-refractivity contribution is 5.28. The zero-order chi connectivity index (χ0) is 12.3. The molecule has 2 rings (SSSR count). The second kappa shape index (κ2) is 5.65. The summed E-state index contributed by atoms with van der Waals surface area (Å²) in [6, 6.07) is 8.63. The summed E-state index contributed by atoms with van der Waals surface area (Å²) in [4.78, 5) is 2.43. The Labute approximate surface area is 105 Å². The molecule has 2 nitrogen and oxygen atoms in total. The van der Waals surface area contributed by atoms with Crippen LogP contribution in [-0.4, -0.2) is 25.0 Å². The van der Waals surface area contributed by atoms with Crippen molar-refractivity contribution in [2.75, 3.05) is 20.1 Å². The van der Waals surface area contributed by atoms with Gasteiger partial charge < -0.3 is 10.6 Å². The SMILES string of the molecule is Cc1ccccc1C(N)CCN(C)CC1CC1. The number of aryl methyl sites for hydroxylation is 1. The summed E-state index contributed by atoms with van der Waals surface area (Å²) in [5.74, 6) is 0.967. The summed E-state index contributed by atoms with van der Waals surface area (Å²) in [6.45, 7) is 4.50. The van der Waals surface area contributed by atoms with Crippen molar-refractivity contribution in [1.82, 2.24) is 4.90 Å². The van der Waals surface area contributed by atoms with Gasteiger partial charge >= 0.3 is 0 Å². The van der Waals surface area contributed by atoms with Crippen LogP contribution < -0.4 is 5.73 Å². The van der Waals surface area contributed by atoms with Gasteiger partial charge in [-0.1, -0.05) is 24.3 Å². The molecule has 1 aliphatic carbocycles. The zero-order valence-corrected chi connectivity index (χ0v) is 11.0. The minimum atomic E-state index is 0.179. The van der Waals surface area contributed by atoms with Crippen LogP contribution in [-0.2, 0) is 0 Å². The van der Waals surface area contributed by atoms with Crippen LogP contribution in [0.25, 0.3) is 0 Å². The minimum absolute atomic E-state index is 0.179. The van der Waals surface area contributed by atoms with E-state index in [2.05, 4.69) is 43.1 Å². The van der Waals surface area contributed by atoms with E-state index >= 15 is 0 Å². The van der Waals surface area contributed by atoms with Crippen LogP contribution in [0, 0.1) is 12.8 Å². The van der Waals surface area contributed by atoms with Crippen LogP contribution in [0.4, 0.5) is 0 Å². The first-order valence-corrected chi connectivity index (χ1v) is 6.66. The molecule has 0 radical (unpaired) electrons. The van der Waals surface area contributed by atoms with Crippen molar-refractivity contribution in [3.63, 3.8) is 0 Å². The van der Waals surface area contributed by atoms with Gasteiger partial charge in [-0.25, -0.2) is 0 Å². The number of rotatable bonds is 6. The Hall–Kier alpha value is -0.860. The molecule has 0 saturated heterocycles. The third-order valence-electron chi connectivity index (χ3n) is 3.68. The summed E-state index contributed by atoms with van der Waals surface area (Å²) in [7, 11) is 2.21. The number of hydrogen-bond acceptors (Lipinski definition) is 2. The Morgan fingerprint density at radius 2 is 2.06 bits per heavy atom. The van der Waals surface area contributed by atoms with E-state index in [1.165, 1.54) is 30.5 Å². The van der Waals surface area contributed by atoms with Crippen molar-refractivity contribution < 1.29 is 0 Å². The Morgan fingerprint density at radius 1 is 1.35 bits per heavy atom. The van der Waals surface area contributed by atoms with Crippen LogP contribution in [0.5, 0.6) is 0 Å². The number of benzene rings is 1. The molecule has 0 aliphatic heterocycles. The topological polar surface area (TPSA) is 29.3 Å². The molecule has 17 heavy (non-hydrogen) atoms. The lowest BCUT2D eigenvalue weighted by atomic mass is 9.99. The van der Waals surface area contributed by atoms with Crippen LogP contribution in [0.1, 0.15) is 36.4 Å². The average Bonchev–Trinajstić information content (AvgIpc) is 3.10.